The van der Waals surface area contributed by atoms with Crippen molar-refractivity contribution >= 4 is 16.8 Å². The second-order valence-electron chi connectivity index (χ2n) is 8.05. The summed E-state index contributed by atoms with van der Waals surface area (Å²) in [4.78, 5) is 16.2. The molecule has 0 radical (unpaired) electrons. The zero-order chi connectivity index (χ0) is 22.6. The third-order valence-corrected chi connectivity index (χ3v) is 5.89. The van der Waals surface area contributed by atoms with E-state index in [1.54, 1.807) is 7.11 Å². The minimum absolute atomic E-state index is 0.0107. The fourth-order valence-corrected chi connectivity index (χ4v) is 4.18. The van der Waals surface area contributed by atoms with E-state index in [1.807, 2.05) is 60.7 Å². The lowest BCUT2D eigenvalue weighted by Crippen LogP contribution is -2.40. The molecule has 5 rings (SSSR count). The molecule has 1 amide bonds. The van der Waals surface area contributed by atoms with Crippen LogP contribution in [0.3, 0.4) is 0 Å². The second-order valence-corrected chi connectivity index (χ2v) is 8.05. The lowest BCUT2D eigenvalue weighted by molar-refractivity contribution is -0.121. The van der Waals surface area contributed by atoms with E-state index in [0.717, 1.165) is 39.2 Å². The van der Waals surface area contributed by atoms with Gasteiger partial charge in [-0.3, -0.25) is 4.79 Å². The molecule has 33 heavy (non-hydrogen) atoms. The summed E-state index contributed by atoms with van der Waals surface area (Å²) < 4.78 is 16.9. The van der Waals surface area contributed by atoms with Crippen LogP contribution >= 0.6 is 0 Å². The van der Waals surface area contributed by atoms with Gasteiger partial charge in [-0.1, -0.05) is 30.3 Å². The van der Waals surface area contributed by atoms with Crippen LogP contribution in [0.4, 0.5) is 0 Å². The van der Waals surface area contributed by atoms with Gasteiger partial charge in [-0.25, -0.2) is 0 Å². The molecule has 0 fully saturated rings. The fourth-order valence-electron chi connectivity index (χ4n) is 4.18. The number of aromatic nitrogens is 1. The standard InChI is InChI=1S/C27H26N2O4/c1-31-19-12-10-18(11-13-19)27-22(21-6-2-3-7-23(21)29-27)14-15-26(30)28-16-20-17-32-24-8-4-5-9-25(24)33-20/h2-13,20,29H,14-17H2,1H3,(H,28,30). The molecule has 0 saturated heterocycles. The average molecular weight is 443 g/mol. The quantitative estimate of drug-likeness (QED) is 0.434. The van der Waals surface area contributed by atoms with E-state index >= 15 is 0 Å². The Morgan fingerprint density at radius 1 is 1.03 bits per heavy atom. The number of para-hydroxylation sites is 3. The van der Waals surface area contributed by atoms with Crippen LogP contribution in [-0.4, -0.2) is 37.3 Å². The summed E-state index contributed by atoms with van der Waals surface area (Å²) >= 11 is 0. The smallest absolute Gasteiger partial charge is 0.220 e. The monoisotopic (exact) mass is 442 g/mol. The maximum absolute atomic E-state index is 12.7. The van der Waals surface area contributed by atoms with E-state index in [9.17, 15) is 4.79 Å². The number of hydrogen-bond acceptors (Lipinski definition) is 4. The first-order chi connectivity index (χ1) is 16.2. The highest BCUT2D eigenvalue weighted by Gasteiger charge is 2.21. The van der Waals surface area contributed by atoms with Crippen molar-refractivity contribution in [3.05, 3.63) is 78.4 Å². The van der Waals surface area contributed by atoms with Crippen LogP contribution in [0.2, 0.25) is 0 Å². The molecule has 0 aliphatic carbocycles. The number of aromatic amines is 1. The number of nitrogens with one attached hydrogen (secondary N) is 2. The third kappa shape index (κ3) is 4.51. The molecule has 6 heteroatoms. The van der Waals surface area contributed by atoms with Crippen molar-refractivity contribution in [3.63, 3.8) is 0 Å². The Morgan fingerprint density at radius 2 is 1.79 bits per heavy atom. The normalized spacial score (nSPS) is 14.8. The number of aryl methyl sites for hydroxylation is 1. The van der Waals surface area contributed by atoms with Crippen LogP contribution in [-0.2, 0) is 11.2 Å². The summed E-state index contributed by atoms with van der Waals surface area (Å²) in [7, 11) is 1.66. The Morgan fingerprint density at radius 3 is 2.61 bits per heavy atom. The molecular formula is C27H26N2O4. The van der Waals surface area contributed by atoms with Crippen molar-refractivity contribution in [1.82, 2.24) is 10.3 Å². The molecule has 0 saturated carbocycles. The molecule has 6 nitrogen and oxygen atoms in total. The predicted octanol–water partition coefficient (Wildman–Crippen LogP) is 4.73. The summed E-state index contributed by atoms with van der Waals surface area (Å²) in [6.45, 7) is 0.827. The van der Waals surface area contributed by atoms with Gasteiger partial charge in [-0.15, -0.1) is 0 Å². The Hall–Kier alpha value is -3.93. The van der Waals surface area contributed by atoms with Gasteiger partial charge in [0.15, 0.2) is 11.5 Å². The topological polar surface area (TPSA) is 72.6 Å². The summed E-state index contributed by atoms with van der Waals surface area (Å²) in [6.07, 6.45) is 0.809. The van der Waals surface area contributed by atoms with E-state index < -0.39 is 0 Å². The molecule has 1 aromatic heterocycles. The first-order valence-electron chi connectivity index (χ1n) is 11.1. The number of hydrogen-bond donors (Lipinski definition) is 2. The van der Waals surface area contributed by atoms with Crippen LogP contribution in [0.15, 0.2) is 72.8 Å². The Balaban J connectivity index is 1.26. The molecule has 0 spiro atoms. The van der Waals surface area contributed by atoms with Gasteiger partial charge in [0.25, 0.3) is 0 Å². The van der Waals surface area contributed by atoms with Crippen molar-refractivity contribution < 1.29 is 19.0 Å². The number of fused-ring (bicyclic) bond motifs is 2. The van der Waals surface area contributed by atoms with Crippen molar-refractivity contribution in [2.24, 2.45) is 0 Å². The van der Waals surface area contributed by atoms with Crippen molar-refractivity contribution in [3.8, 4) is 28.5 Å². The van der Waals surface area contributed by atoms with Gasteiger partial charge in [0, 0.05) is 23.0 Å². The number of methoxy groups -OCH3 is 1. The molecule has 1 aliphatic heterocycles. The van der Waals surface area contributed by atoms with Crippen LogP contribution in [0.25, 0.3) is 22.2 Å². The molecule has 1 unspecified atom stereocenters. The zero-order valence-electron chi connectivity index (χ0n) is 18.5. The molecule has 2 N–H and O–H groups in total. The van der Waals surface area contributed by atoms with Gasteiger partial charge in [-0.2, -0.15) is 0 Å². The van der Waals surface area contributed by atoms with Crippen LogP contribution in [0, 0.1) is 0 Å². The van der Waals surface area contributed by atoms with Gasteiger partial charge in [-0.05, 0) is 60.0 Å². The Bertz CT molecular complexity index is 1260. The second kappa shape index (κ2) is 9.28. The number of carbonyl (C=O) groups is 1. The van der Waals surface area contributed by atoms with Crippen molar-refractivity contribution in [2.45, 2.75) is 18.9 Å². The van der Waals surface area contributed by atoms with E-state index in [4.69, 9.17) is 14.2 Å². The lowest BCUT2D eigenvalue weighted by Gasteiger charge is -2.26. The number of benzene rings is 3. The van der Waals surface area contributed by atoms with Gasteiger partial charge in [0.2, 0.25) is 5.91 Å². The van der Waals surface area contributed by atoms with E-state index in [1.165, 1.54) is 0 Å². The molecule has 3 aromatic carbocycles. The summed E-state index contributed by atoms with van der Waals surface area (Å²) in [5, 5.41) is 4.13. The highest BCUT2D eigenvalue weighted by Crippen LogP contribution is 2.33. The van der Waals surface area contributed by atoms with Crippen LogP contribution in [0.5, 0.6) is 17.2 Å². The maximum atomic E-state index is 12.7. The molecule has 1 atom stereocenters. The first-order valence-corrected chi connectivity index (χ1v) is 11.1. The van der Waals surface area contributed by atoms with Crippen LogP contribution < -0.4 is 19.5 Å². The molecule has 4 aromatic rings. The highest BCUT2D eigenvalue weighted by molar-refractivity contribution is 5.91. The Labute approximate surface area is 192 Å². The molecule has 1 aliphatic rings. The molecule has 0 bridgehead atoms. The SMILES string of the molecule is COc1ccc(-c2[nH]c3ccccc3c2CCC(=O)NCC2COc3ccccc3O2)cc1. The minimum Gasteiger partial charge on any atom is -0.497 e. The van der Waals surface area contributed by atoms with E-state index in [2.05, 4.69) is 22.4 Å². The molecular weight excluding hydrogens is 416 g/mol. The van der Waals surface area contributed by atoms with E-state index in [0.29, 0.717) is 31.7 Å². The number of carbonyl (C=O) groups excluding carboxylic acids is 1. The molecule has 168 valence electrons. The average Bonchev–Trinajstić information content (AvgIpc) is 3.24. The number of rotatable bonds is 7. The highest BCUT2D eigenvalue weighted by atomic mass is 16.6. The number of amides is 1. The van der Waals surface area contributed by atoms with Gasteiger partial charge in [0.05, 0.1) is 13.7 Å². The predicted molar refractivity (Wildman–Crippen MR) is 128 cm³/mol. The summed E-state index contributed by atoms with van der Waals surface area (Å²) in [6, 6.07) is 23.7. The van der Waals surface area contributed by atoms with Gasteiger partial charge < -0.3 is 24.5 Å². The lowest BCUT2D eigenvalue weighted by atomic mass is 10.0. The van der Waals surface area contributed by atoms with Gasteiger partial charge in [0.1, 0.15) is 18.5 Å². The largest absolute Gasteiger partial charge is 0.497 e. The summed E-state index contributed by atoms with van der Waals surface area (Å²) in [5.74, 6) is 2.26. The minimum atomic E-state index is -0.202. The molecule has 2 heterocycles. The maximum Gasteiger partial charge on any atom is 0.220 e. The van der Waals surface area contributed by atoms with Crippen molar-refractivity contribution in [2.75, 3.05) is 20.3 Å². The first kappa shape index (κ1) is 20.9. The Kier molecular flexibility index (Phi) is 5.89. The van der Waals surface area contributed by atoms with Crippen molar-refractivity contribution in [1.29, 1.82) is 0 Å². The third-order valence-electron chi connectivity index (χ3n) is 5.89. The zero-order valence-corrected chi connectivity index (χ0v) is 18.5. The van der Waals surface area contributed by atoms with Crippen LogP contribution in [0.1, 0.15) is 12.0 Å². The fraction of sp³-hybridized carbons (Fsp3) is 0.222. The van der Waals surface area contributed by atoms with E-state index in [-0.39, 0.29) is 12.0 Å². The number of ether oxygens (including phenoxy) is 3. The van der Waals surface area contributed by atoms with Gasteiger partial charge >= 0.3 is 0 Å². The summed E-state index contributed by atoms with van der Waals surface area (Å²) in [5.41, 5.74) is 4.29. The number of H-pyrrole nitrogens is 1.